The van der Waals surface area contributed by atoms with E-state index in [9.17, 15) is 23.6 Å². The molecule has 258 valence electrons. The summed E-state index contributed by atoms with van der Waals surface area (Å²) in [6.45, 7) is 18.0. The van der Waals surface area contributed by atoms with Gasteiger partial charge in [0.1, 0.15) is 23.9 Å². The normalized spacial score (nSPS) is 16.5. The number of halogens is 2. The van der Waals surface area contributed by atoms with E-state index in [4.69, 9.17) is 9.16 Å². The first-order valence-electron chi connectivity index (χ1n) is 15.6. The Morgan fingerprint density at radius 1 is 1.17 bits per heavy atom. The van der Waals surface area contributed by atoms with Crippen LogP contribution >= 0.6 is 0 Å². The van der Waals surface area contributed by atoms with Gasteiger partial charge in [-0.25, -0.2) is 23.5 Å². The zero-order chi connectivity index (χ0) is 35.8. The van der Waals surface area contributed by atoms with Gasteiger partial charge in [-0.05, 0) is 62.7 Å². The minimum atomic E-state index is -2.72. The first kappa shape index (κ1) is 36.4. The lowest BCUT2D eigenvalue weighted by molar-refractivity contribution is 0.0575. The maximum Gasteiger partial charge on any atom is 0.414 e. The molecule has 12 nitrogen and oxygen atoms in total. The van der Waals surface area contributed by atoms with Gasteiger partial charge in [-0.1, -0.05) is 27.7 Å². The van der Waals surface area contributed by atoms with E-state index in [1.54, 1.807) is 32.9 Å². The van der Waals surface area contributed by atoms with Crippen molar-refractivity contribution >= 4 is 37.8 Å². The van der Waals surface area contributed by atoms with Crippen LogP contribution in [0.15, 0.2) is 30.5 Å². The predicted molar refractivity (Wildman–Crippen MR) is 181 cm³/mol. The van der Waals surface area contributed by atoms with Gasteiger partial charge in [0.2, 0.25) is 5.95 Å². The molecule has 48 heavy (non-hydrogen) atoms. The fraction of sp³-hybridized carbons (Fsp3) is 0.515. The van der Waals surface area contributed by atoms with E-state index in [0.29, 0.717) is 23.6 Å². The third-order valence-electron chi connectivity index (χ3n) is 8.57. The number of benzene rings is 1. The summed E-state index contributed by atoms with van der Waals surface area (Å²) >= 11 is 0. The van der Waals surface area contributed by atoms with E-state index in [2.05, 4.69) is 65.6 Å². The number of carbonyl (C=O) groups is 2. The van der Waals surface area contributed by atoms with Crippen LogP contribution in [0.4, 0.5) is 31.0 Å². The molecular formula is C33H44F2N8O4Si. The SMILES string of the molecule is CNC(=O)c1cc(Nc2nccc(-c3cc(C#N)c4c(c3)[C@@](C)(CO[Si](C)(C)C(C)(C)C)CN4C(=O)OC(C)(C)C)n2)nn1CC(F)F. The molecule has 0 radical (unpaired) electrons. The molecular weight excluding hydrogens is 638 g/mol. The molecule has 0 spiro atoms. The van der Waals surface area contributed by atoms with Crippen molar-refractivity contribution in [3.63, 3.8) is 0 Å². The van der Waals surface area contributed by atoms with Crippen LogP contribution in [0.2, 0.25) is 18.1 Å². The van der Waals surface area contributed by atoms with Crippen LogP contribution in [-0.4, -0.2) is 72.3 Å². The molecule has 1 aliphatic rings. The minimum absolute atomic E-state index is 0.0456. The molecule has 2 N–H and O–H groups in total. The Morgan fingerprint density at radius 2 is 1.85 bits per heavy atom. The number of aromatic nitrogens is 4. The summed E-state index contributed by atoms with van der Waals surface area (Å²) in [5.41, 5.74) is 1.03. The van der Waals surface area contributed by atoms with E-state index in [-0.39, 0.29) is 34.6 Å². The van der Waals surface area contributed by atoms with Gasteiger partial charge in [0.25, 0.3) is 12.3 Å². The number of alkyl halides is 2. The van der Waals surface area contributed by atoms with Crippen LogP contribution in [0.1, 0.15) is 70.1 Å². The van der Waals surface area contributed by atoms with Crippen molar-refractivity contribution < 1.29 is 27.5 Å². The number of ether oxygens (including phenoxy) is 1. The third kappa shape index (κ3) is 7.82. The van der Waals surface area contributed by atoms with Gasteiger partial charge in [0, 0.05) is 43.4 Å². The van der Waals surface area contributed by atoms with Crippen LogP contribution in [0.25, 0.3) is 11.3 Å². The van der Waals surface area contributed by atoms with Crippen molar-refractivity contribution in [2.24, 2.45) is 0 Å². The molecule has 0 saturated heterocycles. The van der Waals surface area contributed by atoms with Gasteiger partial charge in [0.15, 0.2) is 14.1 Å². The van der Waals surface area contributed by atoms with Gasteiger partial charge < -0.3 is 19.8 Å². The second-order valence-corrected chi connectivity index (χ2v) is 19.5. The molecule has 1 aliphatic heterocycles. The van der Waals surface area contributed by atoms with Gasteiger partial charge in [-0.3, -0.25) is 14.4 Å². The highest BCUT2D eigenvalue weighted by Crippen LogP contribution is 2.47. The highest BCUT2D eigenvalue weighted by atomic mass is 28.4. The Bertz CT molecular complexity index is 1740. The van der Waals surface area contributed by atoms with Crippen LogP contribution in [0.5, 0.6) is 0 Å². The Kier molecular flexibility index (Phi) is 10.0. The number of anilines is 3. The lowest BCUT2D eigenvalue weighted by atomic mass is 9.83. The summed E-state index contributed by atoms with van der Waals surface area (Å²) in [6.07, 6.45) is -1.77. The van der Waals surface area contributed by atoms with Gasteiger partial charge >= 0.3 is 6.09 Å². The smallest absolute Gasteiger partial charge is 0.414 e. The lowest BCUT2D eigenvalue weighted by Gasteiger charge is -2.39. The van der Waals surface area contributed by atoms with Crippen molar-refractivity contribution in [2.45, 2.75) is 90.6 Å². The summed E-state index contributed by atoms with van der Waals surface area (Å²) in [7, 11) is -0.802. The highest BCUT2D eigenvalue weighted by molar-refractivity contribution is 6.74. The Hall–Kier alpha value is -4.42. The topological polar surface area (TPSA) is 147 Å². The van der Waals surface area contributed by atoms with E-state index in [1.165, 1.54) is 24.2 Å². The average Bonchev–Trinajstić information content (AvgIpc) is 3.51. The van der Waals surface area contributed by atoms with Crippen molar-refractivity contribution in [1.29, 1.82) is 5.26 Å². The summed E-state index contributed by atoms with van der Waals surface area (Å²) < 4.78 is 39.7. The fourth-order valence-electron chi connectivity index (χ4n) is 5.04. The van der Waals surface area contributed by atoms with E-state index in [1.807, 2.05) is 13.0 Å². The molecule has 1 atom stereocenters. The van der Waals surface area contributed by atoms with Crippen LogP contribution < -0.4 is 15.5 Å². The lowest BCUT2D eigenvalue weighted by Crippen LogP contribution is -2.46. The molecule has 0 saturated carbocycles. The molecule has 15 heteroatoms. The summed E-state index contributed by atoms with van der Waals surface area (Å²) in [5, 5.41) is 19.7. The summed E-state index contributed by atoms with van der Waals surface area (Å²) in [4.78, 5) is 36.2. The fourth-order valence-corrected chi connectivity index (χ4v) is 6.15. The van der Waals surface area contributed by atoms with Crippen molar-refractivity contribution in [3.8, 4) is 17.3 Å². The third-order valence-corrected chi connectivity index (χ3v) is 13.0. The monoisotopic (exact) mass is 682 g/mol. The molecule has 2 aromatic heterocycles. The molecule has 3 aromatic rings. The Balaban J connectivity index is 1.77. The quantitative estimate of drug-likeness (QED) is 0.238. The number of nitrogens with one attached hydrogen (secondary N) is 2. The van der Waals surface area contributed by atoms with Gasteiger partial charge in [-0.2, -0.15) is 10.4 Å². The molecule has 0 bridgehead atoms. The zero-order valence-corrected chi connectivity index (χ0v) is 30.2. The molecule has 2 amide bonds. The number of nitriles is 1. The minimum Gasteiger partial charge on any atom is -0.443 e. The zero-order valence-electron chi connectivity index (χ0n) is 29.2. The Labute approximate surface area is 281 Å². The highest BCUT2D eigenvalue weighted by Gasteiger charge is 2.47. The first-order valence-corrected chi connectivity index (χ1v) is 18.5. The van der Waals surface area contributed by atoms with Crippen molar-refractivity contribution in [2.75, 3.05) is 30.4 Å². The number of hydrogen-bond donors (Lipinski definition) is 2. The number of hydrogen-bond acceptors (Lipinski definition) is 9. The van der Waals surface area contributed by atoms with E-state index >= 15 is 0 Å². The second kappa shape index (κ2) is 13.2. The number of fused-ring (bicyclic) bond motifs is 1. The maximum absolute atomic E-state index is 13.5. The summed E-state index contributed by atoms with van der Waals surface area (Å²) in [6, 6.07) is 8.83. The van der Waals surface area contributed by atoms with Crippen LogP contribution in [0, 0.1) is 11.3 Å². The molecule has 0 aliphatic carbocycles. The molecule has 0 unspecified atom stereocenters. The van der Waals surface area contributed by atoms with Gasteiger partial charge in [-0.15, -0.1) is 0 Å². The molecule has 4 rings (SSSR count). The number of rotatable bonds is 9. The van der Waals surface area contributed by atoms with Crippen LogP contribution in [0.3, 0.4) is 0 Å². The number of nitrogens with zero attached hydrogens (tertiary/aromatic N) is 6. The van der Waals surface area contributed by atoms with E-state index < -0.39 is 44.3 Å². The van der Waals surface area contributed by atoms with Gasteiger partial charge in [0.05, 0.1) is 16.9 Å². The first-order chi connectivity index (χ1) is 22.2. The number of amides is 2. The molecule has 3 heterocycles. The summed E-state index contributed by atoms with van der Waals surface area (Å²) in [5.74, 6) is -0.383. The standard InChI is InChI=1S/C33H44F2N8O4Si/c1-31(2,3)47-30(45)42-18-33(7,19-46-48(9,10)32(4,5)6)22-14-20(13-21(16-36)27(22)42)23-11-12-38-29(39-23)40-26-15-24(28(44)37-8)43(41-26)17-25(34)35/h11-15,25H,17-19H2,1-10H3,(H,37,44)(H,38,39,40,41)/t33-/m1/s1. The second-order valence-electron chi connectivity index (χ2n) is 14.7. The predicted octanol–water partition coefficient (Wildman–Crippen LogP) is 6.61. The molecule has 1 aromatic carbocycles. The molecule has 0 fully saturated rings. The van der Waals surface area contributed by atoms with Crippen molar-refractivity contribution in [1.82, 2.24) is 25.1 Å². The van der Waals surface area contributed by atoms with Crippen molar-refractivity contribution in [3.05, 3.63) is 47.3 Å². The van der Waals surface area contributed by atoms with E-state index in [0.717, 1.165) is 10.2 Å². The maximum atomic E-state index is 13.5. The average molecular weight is 683 g/mol. The number of carbonyl (C=O) groups excluding carboxylic acids is 2. The Morgan fingerprint density at radius 3 is 2.44 bits per heavy atom. The largest absolute Gasteiger partial charge is 0.443 e. The van der Waals surface area contributed by atoms with Crippen LogP contribution in [-0.2, 0) is 21.1 Å².